The summed E-state index contributed by atoms with van der Waals surface area (Å²) in [7, 11) is 0. The van der Waals surface area contributed by atoms with Crippen LogP contribution in [0.3, 0.4) is 0 Å². The maximum atomic E-state index is 10.6. The van der Waals surface area contributed by atoms with E-state index in [0.29, 0.717) is 6.04 Å². The molecule has 2 unspecified atom stereocenters. The number of carbonyl (C=O) groups is 1. The van der Waals surface area contributed by atoms with Crippen LogP contribution in [-0.2, 0) is 4.79 Å². The van der Waals surface area contributed by atoms with Crippen molar-refractivity contribution in [2.24, 2.45) is 5.92 Å². The number of carboxylic acids is 1. The number of nitrogens with zero attached hydrogens (tertiary/aromatic N) is 2. The monoisotopic (exact) mass is 254 g/mol. The largest absolute Gasteiger partial charge is 0.481 e. The maximum absolute atomic E-state index is 10.6. The molecular formula is C14H26N2O2. The molecule has 0 saturated carbocycles. The van der Waals surface area contributed by atoms with Gasteiger partial charge in [0.05, 0.1) is 6.42 Å². The first-order chi connectivity index (χ1) is 8.65. The molecule has 2 heterocycles. The average Bonchev–Trinajstić information content (AvgIpc) is 2.37. The van der Waals surface area contributed by atoms with Gasteiger partial charge in [-0.1, -0.05) is 6.92 Å². The lowest BCUT2D eigenvalue weighted by Crippen LogP contribution is -2.51. The van der Waals surface area contributed by atoms with Crippen molar-refractivity contribution in [3.05, 3.63) is 0 Å². The lowest BCUT2D eigenvalue weighted by Gasteiger charge is -2.42. The second-order valence-electron chi connectivity index (χ2n) is 5.98. The molecule has 104 valence electrons. The Morgan fingerprint density at radius 3 is 2.72 bits per heavy atom. The summed E-state index contributed by atoms with van der Waals surface area (Å²) in [6.07, 6.45) is 5.48. The van der Waals surface area contributed by atoms with Crippen LogP contribution in [0, 0.1) is 5.92 Å². The molecule has 2 fully saturated rings. The zero-order valence-electron chi connectivity index (χ0n) is 11.5. The lowest BCUT2D eigenvalue weighted by atomic mass is 9.95. The minimum absolute atomic E-state index is 0.281. The fourth-order valence-corrected chi connectivity index (χ4v) is 3.34. The highest BCUT2D eigenvalue weighted by molar-refractivity contribution is 5.66. The summed E-state index contributed by atoms with van der Waals surface area (Å²) in [5.41, 5.74) is 0. The Labute approximate surface area is 110 Å². The summed E-state index contributed by atoms with van der Waals surface area (Å²) < 4.78 is 0. The van der Waals surface area contributed by atoms with E-state index in [9.17, 15) is 4.79 Å². The number of piperidine rings is 2. The van der Waals surface area contributed by atoms with Crippen molar-refractivity contribution < 1.29 is 9.90 Å². The van der Waals surface area contributed by atoms with Gasteiger partial charge in [0.15, 0.2) is 0 Å². The van der Waals surface area contributed by atoms with E-state index in [2.05, 4.69) is 16.7 Å². The summed E-state index contributed by atoms with van der Waals surface area (Å²) >= 11 is 0. The summed E-state index contributed by atoms with van der Waals surface area (Å²) in [5.74, 6) is 0.150. The van der Waals surface area contributed by atoms with E-state index < -0.39 is 5.97 Å². The van der Waals surface area contributed by atoms with Gasteiger partial charge in [-0.05, 0) is 44.7 Å². The molecule has 2 aliphatic rings. The Balaban J connectivity index is 1.80. The Morgan fingerprint density at radius 2 is 2.00 bits per heavy atom. The zero-order valence-corrected chi connectivity index (χ0v) is 11.5. The third kappa shape index (κ3) is 3.95. The molecule has 0 radical (unpaired) electrons. The topological polar surface area (TPSA) is 43.8 Å². The predicted molar refractivity (Wildman–Crippen MR) is 71.7 cm³/mol. The summed E-state index contributed by atoms with van der Waals surface area (Å²) in [6.45, 7) is 7.68. The molecule has 0 aromatic rings. The molecule has 1 N–H and O–H groups in total. The van der Waals surface area contributed by atoms with E-state index in [1.807, 2.05) is 0 Å². The standard InChI is InChI=1S/C14H26N2O2/c1-12-4-2-8-16(10-12)13-5-3-7-15(11-13)9-6-14(17)18/h12-13H,2-11H2,1H3,(H,17,18). The number of carboxylic acid groups (broad SMARTS) is 1. The maximum Gasteiger partial charge on any atom is 0.304 e. The van der Waals surface area contributed by atoms with Crippen LogP contribution in [0.25, 0.3) is 0 Å². The Kier molecular flexibility index (Phi) is 5.01. The average molecular weight is 254 g/mol. The Morgan fingerprint density at radius 1 is 1.22 bits per heavy atom. The van der Waals surface area contributed by atoms with Crippen molar-refractivity contribution >= 4 is 5.97 Å². The zero-order chi connectivity index (χ0) is 13.0. The van der Waals surface area contributed by atoms with Crippen LogP contribution >= 0.6 is 0 Å². The second kappa shape index (κ2) is 6.53. The van der Waals surface area contributed by atoms with E-state index in [0.717, 1.165) is 25.6 Å². The number of hydrogen-bond donors (Lipinski definition) is 1. The van der Waals surface area contributed by atoms with Crippen molar-refractivity contribution in [3.63, 3.8) is 0 Å². The minimum Gasteiger partial charge on any atom is -0.481 e. The number of aliphatic carboxylic acids is 1. The minimum atomic E-state index is -0.677. The lowest BCUT2D eigenvalue weighted by molar-refractivity contribution is -0.137. The summed E-state index contributed by atoms with van der Waals surface area (Å²) in [5, 5.41) is 8.76. The molecule has 2 rings (SSSR count). The first-order valence-corrected chi connectivity index (χ1v) is 7.33. The van der Waals surface area contributed by atoms with Gasteiger partial charge in [0.25, 0.3) is 0 Å². The molecule has 0 aliphatic carbocycles. The molecule has 0 spiro atoms. The molecule has 4 nitrogen and oxygen atoms in total. The predicted octanol–water partition coefficient (Wildman–Crippen LogP) is 1.66. The molecule has 0 aromatic heterocycles. The number of likely N-dealkylation sites (tertiary alicyclic amines) is 2. The van der Waals surface area contributed by atoms with Gasteiger partial charge in [-0.2, -0.15) is 0 Å². The molecule has 4 heteroatoms. The van der Waals surface area contributed by atoms with E-state index in [1.165, 1.54) is 38.8 Å². The summed E-state index contributed by atoms with van der Waals surface area (Å²) in [4.78, 5) is 15.6. The second-order valence-corrected chi connectivity index (χ2v) is 5.98. The summed E-state index contributed by atoms with van der Waals surface area (Å²) in [6, 6.07) is 0.662. The first-order valence-electron chi connectivity index (χ1n) is 7.33. The van der Waals surface area contributed by atoms with Crippen LogP contribution in [0.4, 0.5) is 0 Å². The normalized spacial score (nSPS) is 31.4. The third-order valence-electron chi connectivity index (χ3n) is 4.33. The van der Waals surface area contributed by atoms with Crippen LogP contribution in [-0.4, -0.2) is 59.6 Å². The molecular weight excluding hydrogens is 228 g/mol. The van der Waals surface area contributed by atoms with Crippen LogP contribution in [0.2, 0.25) is 0 Å². The van der Waals surface area contributed by atoms with Gasteiger partial charge in [-0.25, -0.2) is 0 Å². The molecule has 18 heavy (non-hydrogen) atoms. The van der Waals surface area contributed by atoms with Crippen molar-refractivity contribution in [3.8, 4) is 0 Å². The Hall–Kier alpha value is -0.610. The molecule has 2 aliphatic heterocycles. The number of rotatable bonds is 4. The van der Waals surface area contributed by atoms with Gasteiger partial charge in [0.2, 0.25) is 0 Å². The highest BCUT2D eigenvalue weighted by Crippen LogP contribution is 2.22. The molecule has 2 saturated heterocycles. The van der Waals surface area contributed by atoms with Crippen LogP contribution < -0.4 is 0 Å². The number of hydrogen-bond acceptors (Lipinski definition) is 3. The van der Waals surface area contributed by atoms with Gasteiger partial charge >= 0.3 is 5.97 Å². The highest BCUT2D eigenvalue weighted by atomic mass is 16.4. The van der Waals surface area contributed by atoms with E-state index in [-0.39, 0.29) is 6.42 Å². The molecule has 0 amide bonds. The van der Waals surface area contributed by atoms with Crippen LogP contribution in [0.5, 0.6) is 0 Å². The smallest absolute Gasteiger partial charge is 0.304 e. The van der Waals surface area contributed by atoms with Crippen LogP contribution in [0.15, 0.2) is 0 Å². The van der Waals surface area contributed by atoms with Crippen molar-refractivity contribution in [2.75, 3.05) is 32.7 Å². The van der Waals surface area contributed by atoms with Gasteiger partial charge in [0.1, 0.15) is 0 Å². The first kappa shape index (κ1) is 13.8. The highest BCUT2D eigenvalue weighted by Gasteiger charge is 2.28. The van der Waals surface area contributed by atoms with Gasteiger partial charge in [-0.3, -0.25) is 9.69 Å². The van der Waals surface area contributed by atoms with E-state index >= 15 is 0 Å². The SMILES string of the molecule is CC1CCCN(C2CCCN(CCC(=O)O)C2)C1. The van der Waals surface area contributed by atoms with Crippen LogP contribution in [0.1, 0.15) is 39.0 Å². The van der Waals surface area contributed by atoms with Gasteiger partial charge in [-0.15, -0.1) is 0 Å². The quantitative estimate of drug-likeness (QED) is 0.828. The fourth-order valence-electron chi connectivity index (χ4n) is 3.34. The van der Waals surface area contributed by atoms with E-state index in [4.69, 9.17) is 5.11 Å². The molecule has 0 aromatic carbocycles. The van der Waals surface area contributed by atoms with Gasteiger partial charge in [0, 0.05) is 25.7 Å². The molecule has 2 atom stereocenters. The fraction of sp³-hybridized carbons (Fsp3) is 0.929. The Bertz CT molecular complexity index is 283. The van der Waals surface area contributed by atoms with Gasteiger partial charge < -0.3 is 10.0 Å². The third-order valence-corrected chi connectivity index (χ3v) is 4.33. The van der Waals surface area contributed by atoms with E-state index in [1.54, 1.807) is 0 Å². The molecule has 0 bridgehead atoms. The van der Waals surface area contributed by atoms with Crippen molar-refractivity contribution in [2.45, 2.75) is 45.1 Å². The van der Waals surface area contributed by atoms with Crippen molar-refractivity contribution in [1.82, 2.24) is 9.80 Å². The van der Waals surface area contributed by atoms with Crippen molar-refractivity contribution in [1.29, 1.82) is 0 Å².